The van der Waals surface area contributed by atoms with Gasteiger partial charge in [-0.15, -0.1) is 0 Å². The third kappa shape index (κ3) is 5.11. The number of carbonyl (C=O) groups is 1. The van der Waals surface area contributed by atoms with Gasteiger partial charge in [0.1, 0.15) is 12.0 Å². The van der Waals surface area contributed by atoms with Gasteiger partial charge in [0, 0.05) is 13.1 Å². The van der Waals surface area contributed by atoms with Gasteiger partial charge in [-0.1, -0.05) is 12.1 Å². The molecule has 3 rings (SSSR count). The van der Waals surface area contributed by atoms with E-state index in [2.05, 4.69) is 0 Å². The van der Waals surface area contributed by atoms with E-state index in [9.17, 15) is 18.0 Å². The number of furan rings is 1. The molecule has 1 amide bonds. The Hall–Kier alpha value is -2.32. The highest BCUT2D eigenvalue weighted by Crippen LogP contribution is 2.29. The van der Waals surface area contributed by atoms with Crippen molar-refractivity contribution in [1.82, 2.24) is 4.90 Å². The monoisotopic (exact) mass is 383 g/mol. The fraction of sp³-hybridized carbons (Fsp3) is 0.421. The summed E-state index contributed by atoms with van der Waals surface area (Å²) in [5, 5.41) is 0. The van der Waals surface area contributed by atoms with Crippen LogP contribution >= 0.6 is 0 Å². The minimum atomic E-state index is -4.38. The fourth-order valence-electron chi connectivity index (χ4n) is 2.89. The van der Waals surface area contributed by atoms with Crippen LogP contribution in [0.25, 0.3) is 0 Å². The van der Waals surface area contributed by atoms with Crippen LogP contribution in [0.15, 0.2) is 41.0 Å². The lowest BCUT2D eigenvalue weighted by Crippen LogP contribution is -2.47. The first-order valence-electron chi connectivity index (χ1n) is 8.53. The summed E-state index contributed by atoms with van der Waals surface area (Å²) < 4.78 is 54.5. The van der Waals surface area contributed by atoms with Crippen molar-refractivity contribution in [3.05, 3.63) is 59.0 Å². The number of morpholine rings is 1. The minimum absolute atomic E-state index is 0.0403. The number of hydrogen-bond acceptors (Lipinski definition) is 4. The summed E-state index contributed by atoms with van der Waals surface area (Å²) in [5.74, 6) is 0.519. The van der Waals surface area contributed by atoms with Gasteiger partial charge in [-0.2, -0.15) is 13.2 Å². The summed E-state index contributed by atoms with van der Waals surface area (Å²) in [7, 11) is 0. The van der Waals surface area contributed by atoms with Gasteiger partial charge in [0.25, 0.3) is 5.91 Å². The average molecular weight is 383 g/mol. The number of rotatable bonds is 5. The van der Waals surface area contributed by atoms with Crippen molar-refractivity contribution in [2.24, 2.45) is 0 Å². The number of hydrogen-bond donors (Lipinski definition) is 0. The van der Waals surface area contributed by atoms with E-state index in [1.807, 2.05) is 0 Å². The summed E-state index contributed by atoms with van der Waals surface area (Å²) in [6.07, 6.45) is -3.29. The molecule has 1 aromatic carbocycles. The van der Waals surface area contributed by atoms with Crippen LogP contribution < -0.4 is 0 Å². The predicted octanol–water partition coefficient (Wildman–Crippen LogP) is 3.66. The summed E-state index contributed by atoms with van der Waals surface area (Å²) in [5.41, 5.74) is 0.213. The zero-order valence-electron chi connectivity index (χ0n) is 14.8. The Kier molecular flexibility index (Phi) is 5.86. The molecule has 0 radical (unpaired) electrons. The molecule has 1 aliphatic heterocycles. The van der Waals surface area contributed by atoms with Crippen LogP contribution in [-0.2, 0) is 22.3 Å². The third-order valence-electron chi connectivity index (χ3n) is 4.23. The molecule has 1 aromatic heterocycles. The van der Waals surface area contributed by atoms with Crippen LogP contribution in [0.3, 0.4) is 0 Å². The second-order valence-electron chi connectivity index (χ2n) is 6.40. The second-order valence-corrected chi connectivity index (χ2v) is 6.40. The number of carbonyl (C=O) groups excluding carboxylic acids is 1. The Balaban J connectivity index is 1.51. The Morgan fingerprint density at radius 2 is 2.15 bits per heavy atom. The molecule has 1 atom stereocenters. The topological polar surface area (TPSA) is 51.9 Å². The van der Waals surface area contributed by atoms with Crippen molar-refractivity contribution in [1.29, 1.82) is 0 Å². The predicted molar refractivity (Wildman–Crippen MR) is 90.2 cm³/mol. The van der Waals surface area contributed by atoms with Crippen LogP contribution in [0.2, 0.25) is 0 Å². The number of amides is 1. The normalized spacial score (nSPS) is 17.9. The highest BCUT2D eigenvalue weighted by Gasteiger charge is 2.30. The van der Waals surface area contributed by atoms with Crippen LogP contribution in [0.4, 0.5) is 13.2 Å². The van der Waals surface area contributed by atoms with Crippen LogP contribution in [-0.4, -0.2) is 43.2 Å². The van der Waals surface area contributed by atoms with Gasteiger partial charge in [0.15, 0.2) is 0 Å². The molecule has 1 fully saturated rings. The fourth-order valence-corrected chi connectivity index (χ4v) is 2.89. The molecule has 2 heterocycles. The standard InChI is InChI=1S/C19H20F3NO4/c1-13-7-15(11-27-13)18(24)23-5-6-26-17(9-23)12-25-10-14-3-2-4-16(8-14)19(20,21)22/h2-4,7-8,11,17H,5-6,9-10,12H2,1H3. The minimum Gasteiger partial charge on any atom is -0.469 e. The second kappa shape index (κ2) is 8.14. The smallest absolute Gasteiger partial charge is 0.416 e. The maximum Gasteiger partial charge on any atom is 0.416 e. The van der Waals surface area contributed by atoms with E-state index in [0.717, 1.165) is 12.1 Å². The summed E-state index contributed by atoms with van der Waals surface area (Å²) in [4.78, 5) is 14.1. The Bertz CT molecular complexity index is 787. The maximum atomic E-state index is 12.7. The highest BCUT2D eigenvalue weighted by atomic mass is 19.4. The molecular formula is C19H20F3NO4. The van der Waals surface area contributed by atoms with E-state index < -0.39 is 11.7 Å². The molecule has 2 aromatic rings. The van der Waals surface area contributed by atoms with Crippen LogP contribution in [0.1, 0.15) is 27.2 Å². The van der Waals surface area contributed by atoms with E-state index in [-0.39, 0.29) is 25.2 Å². The Morgan fingerprint density at radius 3 is 2.85 bits per heavy atom. The van der Waals surface area contributed by atoms with Crippen molar-refractivity contribution in [2.45, 2.75) is 25.8 Å². The summed E-state index contributed by atoms with van der Waals surface area (Å²) in [6, 6.07) is 6.70. The number of alkyl halides is 3. The van der Waals surface area contributed by atoms with E-state index >= 15 is 0 Å². The van der Waals surface area contributed by atoms with Gasteiger partial charge in [0.05, 0.1) is 37.1 Å². The Labute approximate surface area is 154 Å². The Morgan fingerprint density at radius 1 is 1.33 bits per heavy atom. The summed E-state index contributed by atoms with van der Waals surface area (Å²) in [6.45, 7) is 3.18. The van der Waals surface area contributed by atoms with Gasteiger partial charge in [-0.3, -0.25) is 4.79 Å². The SMILES string of the molecule is Cc1cc(C(=O)N2CCOC(COCc3cccc(C(F)(F)F)c3)C2)co1. The van der Waals surface area contributed by atoms with Gasteiger partial charge in [-0.25, -0.2) is 0 Å². The number of benzene rings is 1. The van der Waals surface area contributed by atoms with Gasteiger partial charge in [0.2, 0.25) is 0 Å². The lowest BCUT2D eigenvalue weighted by atomic mass is 10.1. The number of nitrogens with zero attached hydrogens (tertiary/aromatic N) is 1. The third-order valence-corrected chi connectivity index (χ3v) is 4.23. The zero-order chi connectivity index (χ0) is 19.4. The molecule has 5 nitrogen and oxygen atoms in total. The molecule has 27 heavy (non-hydrogen) atoms. The molecule has 0 saturated carbocycles. The van der Waals surface area contributed by atoms with Crippen molar-refractivity contribution < 1.29 is 31.9 Å². The number of aryl methyl sites for hydroxylation is 1. The quantitative estimate of drug-likeness (QED) is 0.791. The first-order valence-corrected chi connectivity index (χ1v) is 8.53. The lowest BCUT2D eigenvalue weighted by molar-refractivity contribution is -0.137. The summed E-state index contributed by atoms with van der Waals surface area (Å²) >= 11 is 0. The van der Waals surface area contributed by atoms with Gasteiger partial charge >= 0.3 is 6.18 Å². The molecule has 0 N–H and O–H groups in total. The van der Waals surface area contributed by atoms with Crippen LogP contribution in [0.5, 0.6) is 0 Å². The number of ether oxygens (including phenoxy) is 2. The van der Waals surface area contributed by atoms with Gasteiger partial charge in [-0.05, 0) is 30.7 Å². The van der Waals surface area contributed by atoms with Crippen molar-refractivity contribution >= 4 is 5.91 Å². The first kappa shape index (κ1) is 19.4. The van der Waals surface area contributed by atoms with Crippen molar-refractivity contribution in [3.8, 4) is 0 Å². The lowest BCUT2D eigenvalue weighted by Gasteiger charge is -2.32. The molecule has 146 valence electrons. The molecule has 0 spiro atoms. The largest absolute Gasteiger partial charge is 0.469 e. The molecule has 1 aliphatic rings. The highest BCUT2D eigenvalue weighted by molar-refractivity contribution is 5.94. The molecular weight excluding hydrogens is 363 g/mol. The average Bonchev–Trinajstić information content (AvgIpc) is 3.07. The molecule has 8 heteroatoms. The van der Waals surface area contributed by atoms with E-state index in [1.54, 1.807) is 24.0 Å². The first-order chi connectivity index (χ1) is 12.8. The van der Waals surface area contributed by atoms with Crippen molar-refractivity contribution in [3.63, 3.8) is 0 Å². The van der Waals surface area contributed by atoms with E-state index in [4.69, 9.17) is 13.9 Å². The molecule has 1 saturated heterocycles. The van der Waals surface area contributed by atoms with E-state index in [0.29, 0.717) is 36.6 Å². The van der Waals surface area contributed by atoms with Crippen molar-refractivity contribution in [2.75, 3.05) is 26.3 Å². The van der Waals surface area contributed by atoms with Crippen LogP contribution in [0, 0.1) is 6.92 Å². The van der Waals surface area contributed by atoms with Gasteiger partial charge < -0.3 is 18.8 Å². The maximum absolute atomic E-state index is 12.7. The molecule has 0 aliphatic carbocycles. The molecule has 0 bridgehead atoms. The van der Waals surface area contributed by atoms with E-state index in [1.165, 1.54) is 12.3 Å². The molecule has 1 unspecified atom stereocenters. The zero-order valence-corrected chi connectivity index (χ0v) is 14.8. The number of halogens is 3.